The van der Waals surface area contributed by atoms with Gasteiger partial charge in [0.2, 0.25) is 5.91 Å². The maximum Gasteiger partial charge on any atom is 0.238 e. The Hall–Kier alpha value is -0.180. The molecule has 2 aliphatic rings. The Kier molecular flexibility index (Phi) is 2.78. The SMILES string of the molecule is CCC[C@]1(C)SC[C@@H]2CCCN2C1=O. The lowest BCUT2D eigenvalue weighted by Crippen LogP contribution is -2.52. The summed E-state index contributed by atoms with van der Waals surface area (Å²) in [6.45, 7) is 5.29. The molecule has 0 aromatic heterocycles. The van der Waals surface area contributed by atoms with E-state index in [9.17, 15) is 4.79 Å². The molecule has 0 aromatic rings. The fourth-order valence-electron chi connectivity index (χ4n) is 2.58. The van der Waals surface area contributed by atoms with Gasteiger partial charge in [-0.2, -0.15) is 0 Å². The number of thioether (sulfide) groups is 1. The highest BCUT2D eigenvalue weighted by Gasteiger charge is 2.45. The van der Waals surface area contributed by atoms with Gasteiger partial charge in [-0.15, -0.1) is 11.8 Å². The van der Waals surface area contributed by atoms with E-state index in [1.54, 1.807) is 0 Å². The van der Waals surface area contributed by atoms with Gasteiger partial charge in [-0.05, 0) is 26.2 Å². The second-order valence-corrected chi connectivity index (χ2v) is 6.11. The fourth-order valence-corrected chi connectivity index (χ4v) is 4.07. The van der Waals surface area contributed by atoms with E-state index in [1.165, 1.54) is 12.8 Å². The van der Waals surface area contributed by atoms with Crippen LogP contribution in [-0.4, -0.2) is 33.9 Å². The van der Waals surface area contributed by atoms with Crippen LogP contribution in [0.25, 0.3) is 0 Å². The van der Waals surface area contributed by atoms with Crippen LogP contribution >= 0.6 is 11.8 Å². The smallest absolute Gasteiger partial charge is 0.238 e. The predicted molar refractivity (Wildman–Crippen MR) is 60.5 cm³/mol. The summed E-state index contributed by atoms with van der Waals surface area (Å²) in [5, 5.41) is 0. The molecule has 2 heterocycles. The molecular formula is C11H19NOS. The summed E-state index contributed by atoms with van der Waals surface area (Å²) in [7, 11) is 0. The number of fused-ring (bicyclic) bond motifs is 1. The molecule has 2 rings (SSSR count). The molecule has 2 nitrogen and oxygen atoms in total. The van der Waals surface area contributed by atoms with Crippen LogP contribution < -0.4 is 0 Å². The highest BCUT2D eigenvalue weighted by molar-refractivity contribution is 8.01. The maximum absolute atomic E-state index is 12.2. The minimum atomic E-state index is -0.115. The Labute approximate surface area is 90.4 Å². The van der Waals surface area contributed by atoms with Crippen molar-refractivity contribution in [2.45, 2.75) is 50.3 Å². The summed E-state index contributed by atoms with van der Waals surface area (Å²) in [6.07, 6.45) is 4.56. The Morgan fingerprint density at radius 2 is 2.43 bits per heavy atom. The van der Waals surface area contributed by atoms with Gasteiger partial charge in [-0.3, -0.25) is 4.79 Å². The zero-order chi connectivity index (χ0) is 10.2. The van der Waals surface area contributed by atoms with Gasteiger partial charge in [0, 0.05) is 18.3 Å². The van der Waals surface area contributed by atoms with E-state index in [-0.39, 0.29) is 4.75 Å². The van der Waals surface area contributed by atoms with Crippen molar-refractivity contribution < 1.29 is 4.79 Å². The molecule has 80 valence electrons. The van der Waals surface area contributed by atoms with Crippen LogP contribution in [-0.2, 0) is 4.79 Å². The van der Waals surface area contributed by atoms with Crippen LogP contribution in [0.4, 0.5) is 0 Å². The summed E-state index contributed by atoms with van der Waals surface area (Å²) < 4.78 is -0.115. The number of hydrogen-bond donors (Lipinski definition) is 0. The first-order valence-corrected chi connectivity index (χ1v) is 6.61. The van der Waals surface area contributed by atoms with E-state index in [2.05, 4.69) is 18.7 Å². The summed E-state index contributed by atoms with van der Waals surface area (Å²) in [4.78, 5) is 14.4. The minimum Gasteiger partial charge on any atom is -0.338 e. The highest BCUT2D eigenvalue weighted by Crippen LogP contribution is 2.40. The molecule has 0 unspecified atom stereocenters. The van der Waals surface area contributed by atoms with Crippen LogP contribution in [0.1, 0.15) is 39.5 Å². The lowest BCUT2D eigenvalue weighted by atomic mass is 10.0. The molecule has 0 aliphatic carbocycles. The summed E-state index contributed by atoms with van der Waals surface area (Å²) in [5.74, 6) is 1.56. The molecule has 2 aliphatic heterocycles. The minimum absolute atomic E-state index is 0.115. The van der Waals surface area contributed by atoms with Crippen LogP contribution in [0.3, 0.4) is 0 Å². The second kappa shape index (κ2) is 3.76. The molecular weight excluding hydrogens is 194 g/mol. The van der Waals surface area contributed by atoms with Crippen molar-refractivity contribution in [2.75, 3.05) is 12.3 Å². The molecule has 0 N–H and O–H groups in total. The molecule has 3 heteroatoms. The van der Waals surface area contributed by atoms with E-state index in [1.807, 2.05) is 11.8 Å². The van der Waals surface area contributed by atoms with Gasteiger partial charge in [-0.25, -0.2) is 0 Å². The van der Waals surface area contributed by atoms with Gasteiger partial charge < -0.3 is 4.90 Å². The van der Waals surface area contributed by atoms with Crippen molar-refractivity contribution in [3.05, 3.63) is 0 Å². The third kappa shape index (κ3) is 1.56. The van der Waals surface area contributed by atoms with E-state index in [0.29, 0.717) is 11.9 Å². The monoisotopic (exact) mass is 213 g/mol. The molecule has 2 saturated heterocycles. The first-order valence-electron chi connectivity index (χ1n) is 5.62. The number of hydrogen-bond acceptors (Lipinski definition) is 2. The molecule has 1 amide bonds. The van der Waals surface area contributed by atoms with Gasteiger partial charge in [-0.1, -0.05) is 13.3 Å². The van der Waals surface area contributed by atoms with Gasteiger partial charge >= 0.3 is 0 Å². The van der Waals surface area contributed by atoms with Gasteiger partial charge in [0.25, 0.3) is 0 Å². The molecule has 14 heavy (non-hydrogen) atoms. The fraction of sp³-hybridized carbons (Fsp3) is 0.909. The zero-order valence-corrected chi connectivity index (χ0v) is 9.90. The van der Waals surface area contributed by atoms with Crippen molar-refractivity contribution >= 4 is 17.7 Å². The molecule has 0 saturated carbocycles. The number of nitrogens with zero attached hydrogens (tertiary/aromatic N) is 1. The topological polar surface area (TPSA) is 20.3 Å². The second-order valence-electron chi connectivity index (χ2n) is 4.59. The van der Waals surface area contributed by atoms with Crippen molar-refractivity contribution in [1.82, 2.24) is 4.90 Å². The molecule has 0 bridgehead atoms. The van der Waals surface area contributed by atoms with E-state index in [0.717, 1.165) is 25.1 Å². The Morgan fingerprint density at radius 1 is 1.64 bits per heavy atom. The van der Waals surface area contributed by atoms with Crippen LogP contribution in [0.5, 0.6) is 0 Å². The lowest BCUT2D eigenvalue weighted by Gasteiger charge is -2.40. The van der Waals surface area contributed by atoms with Gasteiger partial charge in [0.05, 0.1) is 4.75 Å². The standard InChI is InChI=1S/C11H19NOS/c1-3-6-11(2)10(13)12-7-4-5-9(12)8-14-11/h9H,3-8H2,1-2H3/t9-,11-/m0/s1. The lowest BCUT2D eigenvalue weighted by molar-refractivity contribution is -0.134. The number of carbonyl (C=O) groups is 1. The Balaban J connectivity index is 2.12. The Bertz CT molecular complexity index is 243. The number of rotatable bonds is 2. The van der Waals surface area contributed by atoms with Crippen LogP contribution in [0.2, 0.25) is 0 Å². The molecule has 0 aromatic carbocycles. The quantitative estimate of drug-likeness (QED) is 0.701. The van der Waals surface area contributed by atoms with Crippen LogP contribution in [0, 0.1) is 0 Å². The molecule has 0 radical (unpaired) electrons. The first-order chi connectivity index (χ1) is 6.67. The van der Waals surface area contributed by atoms with E-state index in [4.69, 9.17) is 0 Å². The third-order valence-corrected chi connectivity index (χ3v) is 4.98. The van der Waals surface area contributed by atoms with Crippen molar-refractivity contribution in [2.24, 2.45) is 0 Å². The average molecular weight is 213 g/mol. The van der Waals surface area contributed by atoms with Crippen LogP contribution in [0.15, 0.2) is 0 Å². The van der Waals surface area contributed by atoms with E-state index < -0.39 is 0 Å². The van der Waals surface area contributed by atoms with Crippen molar-refractivity contribution in [1.29, 1.82) is 0 Å². The summed E-state index contributed by atoms with van der Waals surface area (Å²) in [5.41, 5.74) is 0. The number of amides is 1. The molecule has 2 fully saturated rings. The Morgan fingerprint density at radius 3 is 3.14 bits per heavy atom. The van der Waals surface area contributed by atoms with Gasteiger partial charge in [0.1, 0.15) is 0 Å². The zero-order valence-electron chi connectivity index (χ0n) is 9.08. The molecule has 0 spiro atoms. The summed E-state index contributed by atoms with van der Waals surface area (Å²) in [6, 6.07) is 0.553. The summed E-state index contributed by atoms with van der Waals surface area (Å²) >= 11 is 1.88. The van der Waals surface area contributed by atoms with E-state index >= 15 is 0 Å². The van der Waals surface area contributed by atoms with Gasteiger partial charge in [0.15, 0.2) is 0 Å². The number of carbonyl (C=O) groups excluding carboxylic acids is 1. The first kappa shape index (κ1) is 10.3. The normalized spacial score (nSPS) is 37.4. The largest absolute Gasteiger partial charge is 0.338 e. The average Bonchev–Trinajstić information content (AvgIpc) is 2.61. The third-order valence-electron chi connectivity index (χ3n) is 3.41. The van der Waals surface area contributed by atoms with Crippen molar-refractivity contribution in [3.63, 3.8) is 0 Å². The van der Waals surface area contributed by atoms with Crippen molar-refractivity contribution in [3.8, 4) is 0 Å². The highest BCUT2D eigenvalue weighted by atomic mass is 32.2. The molecule has 2 atom stereocenters. The maximum atomic E-state index is 12.2. The predicted octanol–water partition coefficient (Wildman–Crippen LogP) is 2.28.